The molecule has 0 atom stereocenters. The molecule has 0 aliphatic rings. The van der Waals surface area contributed by atoms with Gasteiger partial charge in [-0.15, -0.1) is 0 Å². The number of para-hydroxylation sites is 3. The van der Waals surface area contributed by atoms with E-state index in [1.54, 1.807) is 41.0 Å². The number of anilines is 1. The zero-order chi connectivity index (χ0) is 20.9. The lowest BCUT2D eigenvalue weighted by molar-refractivity contribution is -0.116. The number of amides is 2. The van der Waals surface area contributed by atoms with Crippen LogP contribution in [0.1, 0.15) is 16.2 Å². The zero-order valence-electron chi connectivity index (χ0n) is 16.0. The van der Waals surface area contributed by atoms with Crippen LogP contribution in [0.25, 0.3) is 11.0 Å². The summed E-state index contributed by atoms with van der Waals surface area (Å²) in [5, 5.41) is 6.17. The number of imidazole rings is 1. The molecule has 0 saturated heterocycles. The summed E-state index contributed by atoms with van der Waals surface area (Å²) in [7, 11) is 0. The number of nitrogens with zero attached hydrogens (tertiary/aromatic N) is 2. The highest BCUT2D eigenvalue weighted by molar-refractivity contribution is 6.33. The van der Waals surface area contributed by atoms with Crippen molar-refractivity contribution < 1.29 is 9.59 Å². The van der Waals surface area contributed by atoms with Gasteiger partial charge >= 0.3 is 0 Å². The van der Waals surface area contributed by atoms with E-state index in [-0.39, 0.29) is 24.9 Å². The number of nitrogens with one attached hydrogen (secondary N) is 2. The van der Waals surface area contributed by atoms with Gasteiger partial charge < -0.3 is 15.2 Å². The number of fused-ring (bicyclic) bond motifs is 1. The number of hydrogen-bond acceptors (Lipinski definition) is 3. The first kappa shape index (κ1) is 19.7. The van der Waals surface area contributed by atoms with Crippen molar-refractivity contribution in [2.24, 2.45) is 0 Å². The monoisotopic (exact) mass is 418 g/mol. The first-order valence-corrected chi connectivity index (χ1v) is 9.81. The second-order valence-corrected chi connectivity index (χ2v) is 7.09. The quantitative estimate of drug-likeness (QED) is 0.491. The van der Waals surface area contributed by atoms with Crippen LogP contribution in [0, 0.1) is 0 Å². The molecule has 7 heteroatoms. The molecular weight excluding hydrogens is 400 g/mol. The third-order valence-electron chi connectivity index (χ3n) is 4.63. The summed E-state index contributed by atoms with van der Waals surface area (Å²) in [6.07, 6.45) is 0. The molecule has 4 aromatic rings. The molecule has 0 aliphatic carbocycles. The predicted octanol–water partition coefficient (Wildman–Crippen LogP) is 4.26. The average Bonchev–Trinajstić information content (AvgIpc) is 3.11. The van der Waals surface area contributed by atoms with Gasteiger partial charge in [-0.3, -0.25) is 9.59 Å². The Morgan fingerprint density at radius 2 is 1.60 bits per heavy atom. The summed E-state index contributed by atoms with van der Waals surface area (Å²) in [6, 6.07) is 23.6. The van der Waals surface area contributed by atoms with Gasteiger partial charge in [0, 0.05) is 5.56 Å². The van der Waals surface area contributed by atoms with Crippen molar-refractivity contribution >= 4 is 40.1 Å². The van der Waals surface area contributed by atoms with Crippen molar-refractivity contribution in [2.45, 2.75) is 13.1 Å². The van der Waals surface area contributed by atoms with Crippen LogP contribution in [0.15, 0.2) is 78.9 Å². The normalized spacial score (nSPS) is 10.7. The average molecular weight is 419 g/mol. The van der Waals surface area contributed by atoms with Crippen molar-refractivity contribution in [3.63, 3.8) is 0 Å². The molecule has 150 valence electrons. The zero-order valence-corrected chi connectivity index (χ0v) is 16.8. The molecule has 4 rings (SSSR count). The van der Waals surface area contributed by atoms with E-state index in [2.05, 4.69) is 15.6 Å². The Morgan fingerprint density at radius 3 is 2.40 bits per heavy atom. The summed E-state index contributed by atoms with van der Waals surface area (Å²) in [4.78, 5) is 29.7. The Bertz CT molecular complexity index is 1200. The lowest BCUT2D eigenvalue weighted by atomic mass is 10.2. The van der Waals surface area contributed by atoms with Crippen LogP contribution in [0.4, 0.5) is 5.69 Å². The Hall–Kier alpha value is -3.64. The second-order valence-electron chi connectivity index (χ2n) is 6.68. The number of aromatic nitrogens is 2. The third kappa shape index (κ3) is 4.34. The van der Waals surface area contributed by atoms with Gasteiger partial charge in [-0.05, 0) is 36.4 Å². The van der Waals surface area contributed by atoms with E-state index in [4.69, 9.17) is 11.6 Å². The molecule has 0 unspecified atom stereocenters. The molecule has 0 bridgehead atoms. The minimum absolute atomic E-state index is 0.0439. The fourth-order valence-electron chi connectivity index (χ4n) is 3.18. The number of halogens is 1. The van der Waals surface area contributed by atoms with Crippen LogP contribution in [0.3, 0.4) is 0 Å². The Kier molecular flexibility index (Phi) is 5.77. The van der Waals surface area contributed by atoms with Crippen LogP contribution >= 0.6 is 11.6 Å². The third-order valence-corrected chi connectivity index (χ3v) is 4.96. The maximum Gasteiger partial charge on any atom is 0.251 e. The minimum Gasteiger partial charge on any atom is -0.345 e. The molecule has 3 aromatic carbocycles. The van der Waals surface area contributed by atoms with E-state index in [9.17, 15) is 9.59 Å². The first-order chi connectivity index (χ1) is 14.6. The Morgan fingerprint density at radius 1 is 0.900 bits per heavy atom. The molecule has 6 nitrogen and oxygen atoms in total. The van der Waals surface area contributed by atoms with E-state index in [0.29, 0.717) is 22.1 Å². The van der Waals surface area contributed by atoms with Gasteiger partial charge in [0.05, 0.1) is 28.3 Å². The van der Waals surface area contributed by atoms with E-state index in [0.717, 1.165) is 11.0 Å². The topological polar surface area (TPSA) is 76.0 Å². The Labute approximate surface area is 178 Å². The van der Waals surface area contributed by atoms with Gasteiger partial charge in [0.1, 0.15) is 12.4 Å². The summed E-state index contributed by atoms with van der Waals surface area (Å²) in [6.45, 7) is 0.240. The number of rotatable bonds is 6. The predicted molar refractivity (Wildman–Crippen MR) is 117 cm³/mol. The molecule has 0 radical (unpaired) electrons. The van der Waals surface area contributed by atoms with Gasteiger partial charge in [-0.2, -0.15) is 0 Å². The standard InChI is InChI=1S/C23H19ClN4O2/c24-17-10-4-5-11-18(17)27-22(29)15-28-20-13-7-6-12-19(20)26-21(28)14-25-23(30)16-8-2-1-3-9-16/h1-13H,14-15H2,(H,25,30)(H,27,29). The number of benzene rings is 3. The maximum atomic E-state index is 12.7. The SMILES string of the molecule is O=C(Cn1c(CNC(=O)c2ccccc2)nc2ccccc21)Nc1ccccc1Cl. The van der Waals surface area contributed by atoms with E-state index in [1.807, 2.05) is 42.5 Å². The molecule has 0 saturated carbocycles. The summed E-state index contributed by atoms with van der Waals surface area (Å²) >= 11 is 6.14. The largest absolute Gasteiger partial charge is 0.345 e. The van der Waals surface area contributed by atoms with E-state index in [1.165, 1.54) is 0 Å². The minimum atomic E-state index is -0.234. The molecule has 1 aromatic heterocycles. The van der Waals surface area contributed by atoms with Crippen LogP contribution in [-0.4, -0.2) is 21.4 Å². The van der Waals surface area contributed by atoms with E-state index < -0.39 is 0 Å². The fraction of sp³-hybridized carbons (Fsp3) is 0.0870. The molecule has 0 aliphatic heterocycles. The number of hydrogen-bond donors (Lipinski definition) is 2. The van der Waals surface area contributed by atoms with Gasteiger partial charge in [0.2, 0.25) is 5.91 Å². The highest BCUT2D eigenvalue weighted by Crippen LogP contribution is 2.21. The van der Waals surface area contributed by atoms with Crippen molar-refractivity contribution in [2.75, 3.05) is 5.32 Å². The maximum absolute atomic E-state index is 12.7. The summed E-state index contributed by atoms with van der Waals surface area (Å²) in [5.41, 5.74) is 2.69. The molecule has 2 N–H and O–H groups in total. The highest BCUT2D eigenvalue weighted by Gasteiger charge is 2.15. The molecule has 2 amide bonds. The van der Waals surface area contributed by atoms with Crippen LogP contribution in [0.5, 0.6) is 0 Å². The molecule has 1 heterocycles. The summed E-state index contributed by atoms with van der Waals surface area (Å²) in [5.74, 6) is 0.159. The molecular formula is C23H19ClN4O2. The van der Waals surface area contributed by atoms with Crippen LogP contribution in [-0.2, 0) is 17.9 Å². The van der Waals surface area contributed by atoms with Gasteiger partial charge in [-0.25, -0.2) is 4.98 Å². The Balaban J connectivity index is 1.55. The van der Waals surface area contributed by atoms with Crippen molar-refractivity contribution in [3.05, 3.63) is 95.3 Å². The second kappa shape index (κ2) is 8.80. The first-order valence-electron chi connectivity index (χ1n) is 9.43. The van der Waals surface area contributed by atoms with Crippen LogP contribution < -0.4 is 10.6 Å². The highest BCUT2D eigenvalue weighted by atomic mass is 35.5. The van der Waals surface area contributed by atoms with Crippen molar-refractivity contribution in [1.82, 2.24) is 14.9 Å². The smallest absolute Gasteiger partial charge is 0.251 e. The lowest BCUT2D eigenvalue weighted by Gasteiger charge is -2.11. The van der Waals surface area contributed by atoms with E-state index >= 15 is 0 Å². The number of carbonyl (C=O) groups is 2. The summed E-state index contributed by atoms with van der Waals surface area (Å²) < 4.78 is 1.80. The van der Waals surface area contributed by atoms with Crippen molar-refractivity contribution in [3.8, 4) is 0 Å². The van der Waals surface area contributed by atoms with Gasteiger partial charge in [0.15, 0.2) is 0 Å². The van der Waals surface area contributed by atoms with Crippen LogP contribution in [0.2, 0.25) is 5.02 Å². The fourth-order valence-corrected chi connectivity index (χ4v) is 3.37. The van der Waals surface area contributed by atoms with Gasteiger partial charge in [-0.1, -0.05) is 54.1 Å². The lowest BCUT2D eigenvalue weighted by Crippen LogP contribution is -2.26. The molecule has 30 heavy (non-hydrogen) atoms. The van der Waals surface area contributed by atoms with Crippen molar-refractivity contribution in [1.29, 1.82) is 0 Å². The number of carbonyl (C=O) groups excluding carboxylic acids is 2. The molecule has 0 fully saturated rings. The molecule has 0 spiro atoms. The van der Waals surface area contributed by atoms with Gasteiger partial charge in [0.25, 0.3) is 5.91 Å².